The van der Waals surface area contributed by atoms with Gasteiger partial charge in [-0.3, -0.25) is 0 Å². The first-order chi connectivity index (χ1) is 13.4. The summed E-state index contributed by atoms with van der Waals surface area (Å²) in [6.07, 6.45) is 2.77. The summed E-state index contributed by atoms with van der Waals surface area (Å²) in [6.45, 7) is 11.2. The lowest BCUT2D eigenvalue weighted by Crippen LogP contribution is -2.28. The van der Waals surface area contributed by atoms with Crippen molar-refractivity contribution in [2.45, 2.75) is 91.4 Å². The van der Waals surface area contributed by atoms with E-state index < -0.39 is 23.1 Å². The average molecular weight is 404 g/mol. The maximum absolute atomic E-state index is 13.1. The second kappa shape index (κ2) is 9.04. The van der Waals surface area contributed by atoms with Crippen molar-refractivity contribution in [1.82, 2.24) is 4.57 Å². The highest BCUT2D eigenvalue weighted by molar-refractivity contribution is 5.97. The number of aliphatic hydroxyl groups is 1. The molecule has 0 radical (unpaired) electrons. The van der Waals surface area contributed by atoms with Crippen molar-refractivity contribution in [2.75, 3.05) is 6.61 Å². The Balaban J connectivity index is 2.68. The SMILES string of the molecule is CC(C)(C)OC(=O)c1c2c(c(C(=O)OC(C)(C)C)n1CCCO)CCC#CCC2. The lowest BCUT2D eigenvalue weighted by atomic mass is 9.97. The Labute approximate surface area is 173 Å². The first-order valence-corrected chi connectivity index (χ1v) is 10.2. The third-order valence-corrected chi connectivity index (χ3v) is 4.33. The molecule has 0 unspecified atom stereocenters. The number of hydrogen-bond donors (Lipinski definition) is 1. The highest BCUT2D eigenvalue weighted by Gasteiger charge is 2.34. The third kappa shape index (κ3) is 6.11. The molecule has 0 saturated carbocycles. The van der Waals surface area contributed by atoms with Crippen molar-refractivity contribution in [1.29, 1.82) is 0 Å². The molecule has 1 aromatic rings. The number of aromatic nitrogens is 1. The number of nitrogens with zero attached hydrogens (tertiary/aromatic N) is 1. The second-order valence-electron chi connectivity index (χ2n) is 9.24. The molecule has 2 rings (SSSR count). The summed E-state index contributed by atoms with van der Waals surface area (Å²) in [5.41, 5.74) is 1.06. The molecule has 1 aliphatic carbocycles. The standard InChI is InChI=1S/C23H33NO5/c1-22(2,3)28-20(26)18-16-12-9-7-8-10-13-17(16)19(24(18)14-11-15-25)21(27)29-23(4,5)6/h25H,9-15H2,1-6H3. The minimum absolute atomic E-state index is 0.0481. The minimum Gasteiger partial charge on any atom is -0.455 e. The number of rotatable bonds is 5. The second-order valence-corrected chi connectivity index (χ2v) is 9.24. The van der Waals surface area contributed by atoms with E-state index in [0.29, 0.717) is 50.0 Å². The van der Waals surface area contributed by atoms with E-state index in [0.717, 1.165) is 11.1 Å². The number of fused-ring (bicyclic) bond motifs is 1. The highest BCUT2D eigenvalue weighted by atomic mass is 16.6. The number of hydrogen-bond acceptors (Lipinski definition) is 5. The Morgan fingerprint density at radius 3 is 1.66 bits per heavy atom. The van der Waals surface area contributed by atoms with E-state index in [9.17, 15) is 14.7 Å². The molecule has 160 valence electrons. The highest BCUT2D eigenvalue weighted by Crippen LogP contribution is 2.31. The third-order valence-electron chi connectivity index (χ3n) is 4.33. The molecule has 29 heavy (non-hydrogen) atoms. The van der Waals surface area contributed by atoms with Crippen LogP contribution in [0.2, 0.25) is 0 Å². The van der Waals surface area contributed by atoms with Gasteiger partial charge in [-0.25, -0.2) is 9.59 Å². The largest absolute Gasteiger partial charge is 0.455 e. The summed E-state index contributed by atoms with van der Waals surface area (Å²) in [4.78, 5) is 26.3. The zero-order valence-corrected chi connectivity index (χ0v) is 18.5. The Bertz CT molecular complexity index is 763. The van der Waals surface area contributed by atoms with Crippen LogP contribution in [0.4, 0.5) is 0 Å². The zero-order valence-electron chi connectivity index (χ0n) is 18.5. The van der Waals surface area contributed by atoms with Gasteiger partial charge in [-0.1, -0.05) is 0 Å². The predicted octanol–water partition coefficient (Wildman–Crippen LogP) is 3.66. The number of aliphatic hydroxyl groups excluding tert-OH is 1. The molecule has 1 heterocycles. The molecule has 1 N–H and O–H groups in total. The van der Waals surface area contributed by atoms with E-state index in [2.05, 4.69) is 11.8 Å². The van der Waals surface area contributed by atoms with Gasteiger partial charge in [0, 0.05) is 26.0 Å². The van der Waals surface area contributed by atoms with Gasteiger partial charge >= 0.3 is 11.9 Å². The molecule has 6 heteroatoms. The van der Waals surface area contributed by atoms with Crippen molar-refractivity contribution in [3.63, 3.8) is 0 Å². The summed E-state index contributed by atoms with van der Waals surface area (Å²) in [6, 6.07) is 0. The molecule has 1 aliphatic rings. The fraction of sp³-hybridized carbons (Fsp3) is 0.652. The van der Waals surface area contributed by atoms with Crippen molar-refractivity contribution in [3.05, 3.63) is 22.5 Å². The van der Waals surface area contributed by atoms with Gasteiger partial charge < -0.3 is 19.1 Å². The molecule has 0 bridgehead atoms. The van der Waals surface area contributed by atoms with E-state index in [4.69, 9.17) is 9.47 Å². The van der Waals surface area contributed by atoms with E-state index >= 15 is 0 Å². The Morgan fingerprint density at radius 1 is 0.897 bits per heavy atom. The molecule has 0 spiro atoms. The van der Waals surface area contributed by atoms with Gasteiger partial charge in [0.2, 0.25) is 0 Å². The molecule has 0 aliphatic heterocycles. The number of carbonyl (C=O) groups excluding carboxylic acids is 2. The van der Waals surface area contributed by atoms with E-state index in [1.54, 1.807) is 4.57 Å². The Morgan fingerprint density at radius 2 is 1.31 bits per heavy atom. The molecular weight excluding hydrogens is 370 g/mol. The van der Waals surface area contributed by atoms with Crippen LogP contribution in [0.1, 0.15) is 92.9 Å². The number of ether oxygens (including phenoxy) is 2. The monoisotopic (exact) mass is 403 g/mol. The maximum atomic E-state index is 13.1. The van der Waals surface area contributed by atoms with Crippen molar-refractivity contribution in [2.24, 2.45) is 0 Å². The molecular formula is C23H33NO5. The van der Waals surface area contributed by atoms with Gasteiger partial charge in [-0.05, 0) is 71.9 Å². The minimum atomic E-state index is -0.663. The molecule has 0 saturated heterocycles. The van der Waals surface area contributed by atoms with Crippen LogP contribution in [-0.2, 0) is 28.9 Å². The van der Waals surface area contributed by atoms with Crippen LogP contribution >= 0.6 is 0 Å². The number of esters is 2. The lowest BCUT2D eigenvalue weighted by Gasteiger charge is -2.22. The van der Waals surface area contributed by atoms with Gasteiger partial charge in [0.25, 0.3) is 0 Å². The summed E-state index contributed by atoms with van der Waals surface area (Å²) in [5, 5.41) is 9.39. The maximum Gasteiger partial charge on any atom is 0.355 e. The van der Waals surface area contributed by atoms with Crippen LogP contribution < -0.4 is 0 Å². The van der Waals surface area contributed by atoms with Crippen LogP contribution in [0.3, 0.4) is 0 Å². The van der Waals surface area contributed by atoms with E-state index in [1.165, 1.54) is 0 Å². The van der Waals surface area contributed by atoms with E-state index in [-0.39, 0.29) is 6.61 Å². The van der Waals surface area contributed by atoms with Crippen molar-refractivity contribution in [3.8, 4) is 11.8 Å². The van der Waals surface area contributed by atoms with Crippen molar-refractivity contribution >= 4 is 11.9 Å². The molecule has 0 atom stereocenters. The van der Waals surface area contributed by atoms with Gasteiger partial charge in [-0.2, -0.15) is 0 Å². The smallest absolute Gasteiger partial charge is 0.355 e. The van der Waals surface area contributed by atoms with Crippen LogP contribution in [0, 0.1) is 11.8 Å². The summed E-state index contributed by atoms with van der Waals surface area (Å²) in [5.74, 6) is 5.30. The van der Waals surface area contributed by atoms with Crippen LogP contribution in [0.5, 0.6) is 0 Å². The normalized spacial score (nSPS) is 14.2. The number of carbonyl (C=O) groups is 2. The van der Waals surface area contributed by atoms with Crippen LogP contribution in [-0.4, -0.2) is 39.4 Å². The molecule has 0 fully saturated rings. The van der Waals surface area contributed by atoms with E-state index in [1.807, 2.05) is 41.5 Å². The Kier molecular flexibility index (Phi) is 7.18. The van der Waals surface area contributed by atoms with Crippen LogP contribution in [0.25, 0.3) is 0 Å². The fourth-order valence-electron chi connectivity index (χ4n) is 3.39. The van der Waals surface area contributed by atoms with Crippen LogP contribution in [0.15, 0.2) is 0 Å². The fourth-order valence-corrected chi connectivity index (χ4v) is 3.39. The van der Waals surface area contributed by atoms with Gasteiger partial charge in [0.1, 0.15) is 22.6 Å². The summed E-state index contributed by atoms with van der Waals surface area (Å²) < 4.78 is 13.0. The topological polar surface area (TPSA) is 77.8 Å². The summed E-state index contributed by atoms with van der Waals surface area (Å²) >= 11 is 0. The molecule has 0 amide bonds. The summed E-state index contributed by atoms with van der Waals surface area (Å²) in [7, 11) is 0. The zero-order chi connectivity index (χ0) is 21.8. The predicted molar refractivity (Wildman–Crippen MR) is 111 cm³/mol. The lowest BCUT2D eigenvalue weighted by molar-refractivity contribution is 0.00486. The quantitative estimate of drug-likeness (QED) is 0.600. The molecule has 1 aromatic heterocycles. The molecule has 0 aromatic carbocycles. The average Bonchev–Trinajstić information content (AvgIpc) is 2.82. The van der Waals surface area contributed by atoms with Gasteiger partial charge in [-0.15, -0.1) is 11.8 Å². The van der Waals surface area contributed by atoms with Gasteiger partial charge in [0.15, 0.2) is 0 Å². The van der Waals surface area contributed by atoms with Crippen molar-refractivity contribution < 1.29 is 24.2 Å². The van der Waals surface area contributed by atoms with Gasteiger partial charge in [0.05, 0.1) is 0 Å². The first kappa shape index (κ1) is 23.0. The molecule has 6 nitrogen and oxygen atoms in total. The first-order valence-electron chi connectivity index (χ1n) is 10.2. The Hall–Kier alpha value is -2.26.